The highest BCUT2D eigenvalue weighted by atomic mass is 16.5. The van der Waals surface area contributed by atoms with E-state index in [1.165, 1.54) is 0 Å². The van der Waals surface area contributed by atoms with Crippen LogP contribution in [0.4, 0.5) is 0 Å². The van der Waals surface area contributed by atoms with Crippen LogP contribution in [0.2, 0.25) is 0 Å². The number of phenols is 1. The molecule has 1 saturated heterocycles. The molecule has 104 valence electrons. The number of nitrogens with zero attached hydrogens (tertiary/aromatic N) is 1. The number of piperazine rings is 1. The zero-order valence-electron chi connectivity index (χ0n) is 11.4. The molecule has 2 rings (SSSR count). The first-order valence-corrected chi connectivity index (χ1v) is 6.69. The minimum atomic E-state index is 0.162. The molecule has 1 aromatic carbocycles. The Kier molecular flexibility index (Phi) is 4.82. The third-order valence-electron chi connectivity index (χ3n) is 3.59. The fourth-order valence-electron chi connectivity index (χ4n) is 2.60. The maximum absolute atomic E-state index is 10.3. The number of hydrogen-bond donors (Lipinski definition) is 2. The van der Waals surface area contributed by atoms with Crippen LogP contribution in [0.5, 0.6) is 11.5 Å². The maximum atomic E-state index is 10.3. The predicted molar refractivity (Wildman–Crippen MR) is 76.7 cm³/mol. The third-order valence-corrected chi connectivity index (χ3v) is 3.59. The molecule has 0 radical (unpaired) electrons. The summed E-state index contributed by atoms with van der Waals surface area (Å²) in [6.07, 6.45) is 2.73. The Labute approximate surface area is 114 Å². The van der Waals surface area contributed by atoms with Gasteiger partial charge in [0.1, 0.15) is 0 Å². The van der Waals surface area contributed by atoms with Crippen molar-refractivity contribution in [2.45, 2.75) is 12.5 Å². The van der Waals surface area contributed by atoms with Crippen LogP contribution in [0.15, 0.2) is 30.9 Å². The SMILES string of the molecule is C=CC[C@@H](c1cccc(OC)c1O)N1CCNCC1. The summed E-state index contributed by atoms with van der Waals surface area (Å²) < 4.78 is 5.19. The Balaban J connectivity index is 2.29. The molecule has 1 heterocycles. The number of benzene rings is 1. The molecule has 0 amide bonds. The van der Waals surface area contributed by atoms with Crippen LogP contribution in [0.1, 0.15) is 18.0 Å². The number of aromatic hydroxyl groups is 1. The zero-order valence-corrected chi connectivity index (χ0v) is 11.4. The Morgan fingerprint density at radius 3 is 2.84 bits per heavy atom. The number of para-hydroxylation sites is 1. The van der Waals surface area contributed by atoms with Crippen LogP contribution in [0, 0.1) is 0 Å². The van der Waals surface area contributed by atoms with Crippen LogP contribution in [0.25, 0.3) is 0 Å². The van der Waals surface area contributed by atoms with Crippen molar-refractivity contribution in [1.82, 2.24) is 10.2 Å². The lowest BCUT2D eigenvalue weighted by molar-refractivity contribution is 0.171. The summed E-state index contributed by atoms with van der Waals surface area (Å²) in [6, 6.07) is 5.83. The van der Waals surface area contributed by atoms with Gasteiger partial charge in [-0.25, -0.2) is 0 Å². The number of nitrogens with one attached hydrogen (secondary N) is 1. The third kappa shape index (κ3) is 3.08. The largest absolute Gasteiger partial charge is 0.504 e. The van der Waals surface area contributed by atoms with E-state index in [1.54, 1.807) is 13.2 Å². The van der Waals surface area contributed by atoms with Gasteiger partial charge in [0.15, 0.2) is 11.5 Å². The highest BCUT2D eigenvalue weighted by Gasteiger charge is 2.24. The van der Waals surface area contributed by atoms with Crippen LogP contribution in [0.3, 0.4) is 0 Å². The Morgan fingerprint density at radius 2 is 2.21 bits per heavy atom. The minimum Gasteiger partial charge on any atom is -0.504 e. The predicted octanol–water partition coefficient (Wildman–Crippen LogP) is 1.92. The molecule has 1 aliphatic rings. The van der Waals surface area contributed by atoms with E-state index < -0.39 is 0 Å². The second-order valence-electron chi connectivity index (χ2n) is 4.72. The molecule has 4 heteroatoms. The van der Waals surface area contributed by atoms with Crippen molar-refractivity contribution in [3.8, 4) is 11.5 Å². The van der Waals surface area contributed by atoms with Crippen molar-refractivity contribution < 1.29 is 9.84 Å². The lowest BCUT2D eigenvalue weighted by atomic mass is 9.99. The summed E-state index contributed by atoms with van der Waals surface area (Å²) in [5, 5.41) is 13.7. The standard InChI is InChI=1S/C15H22N2O2/c1-3-5-13(17-10-8-16-9-11-17)12-6-4-7-14(19-2)15(12)18/h3-4,6-7,13,16,18H,1,5,8-11H2,2H3/t13-/m0/s1. The number of hydrogen-bond acceptors (Lipinski definition) is 4. The molecule has 2 N–H and O–H groups in total. The van der Waals surface area contributed by atoms with Crippen molar-refractivity contribution in [3.05, 3.63) is 36.4 Å². The fourth-order valence-corrected chi connectivity index (χ4v) is 2.60. The van der Waals surface area contributed by atoms with Gasteiger partial charge in [-0.1, -0.05) is 18.2 Å². The molecular formula is C15H22N2O2. The highest BCUT2D eigenvalue weighted by Crippen LogP contribution is 2.37. The summed E-state index contributed by atoms with van der Waals surface area (Å²) in [5.74, 6) is 0.775. The first-order chi connectivity index (χ1) is 9.27. The molecule has 1 fully saturated rings. The van der Waals surface area contributed by atoms with Crippen molar-refractivity contribution >= 4 is 0 Å². The van der Waals surface area contributed by atoms with E-state index in [-0.39, 0.29) is 11.8 Å². The van der Waals surface area contributed by atoms with Crippen LogP contribution < -0.4 is 10.1 Å². The molecule has 0 spiro atoms. The van der Waals surface area contributed by atoms with Gasteiger partial charge in [-0.3, -0.25) is 4.90 Å². The van der Waals surface area contributed by atoms with Crippen molar-refractivity contribution in [3.63, 3.8) is 0 Å². The Morgan fingerprint density at radius 1 is 1.47 bits per heavy atom. The molecule has 1 atom stereocenters. The first-order valence-electron chi connectivity index (χ1n) is 6.69. The normalized spacial score (nSPS) is 17.9. The molecule has 1 aromatic rings. The summed E-state index contributed by atoms with van der Waals surface area (Å²) in [6.45, 7) is 7.77. The van der Waals surface area contributed by atoms with Crippen LogP contribution >= 0.6 is 0 Å². The minimum absolute atomic E-state index is 0.162. The Hall–Kier alpha value is -1.52. The van der Waals surface area contributed by atoms with E-state index in [9.17, 15) is 5.11 Å². The topological polar surface area (TPSA) is 44.7 Å². The number of methoxy groups -OCH3 is 1. The molecule has 19 heavy (non-hydrogen) atoms. The van der Waals surface area contributed by atoms with E-state index in [2.05, 4.69) is 16.8 Å². The van der Waals surface area contributed by atoms with Crippen LogP contribution in [-0.2, 0) is 0 Å². The number of rotatable bonds is 5. The smallest absolute Gasteiger partial charge is 0.162 e. The summed E-state index contributed by atoms with van der Waals surface area (Å²) in [7, 11) is 1.58. The van der Waals surface area contributed by atoms with Gasteiger partial charge in [-0.05, 0) is 12.5 Å². The van der Waals surface area contributed by atoms with Crippen molar-refractivity contribution in [2.75, 3.05) is 33.3 Å². The average Bonchev–Trinajstić information content (AvgIpc) is 2.46. The lowest BCUT2D eigenvalue weighted by Gasteiger charge is -2.35. The average molecular weight is 262 g/mol. The van der Waals surface area contributed by atoms with Crippen LogP contribution in [-0.4, -0.2) is 43.3 Å². The molecular weight excluding hydrogens is 240 g/mol. The lowest BCUT2D eigenvalue weighted by Crippen LogP contribution is -2.45. The van der Waals surface area contributed by atoms with E-state index in [1.807, 2.05) is 18.2 Å². The van der Waals surface area contributed by atoms with E-state index in [0.717, 1.165) is 38.2 Å². The first kappa shape index (κ1) is 13.9. The van der Waals surface area contributed by atoms with Gasteiger partial charge in [0.25, 0.3) is 0 Å². The fraction of sp³-hybridized carbons (Fsp3) is 0.467. The number of phenolic OH excluding ortho intramolecular Hbond substituents is 1. The van der Waals surface area contributed by atoms with Gasteiger partial charge in [-0.2, -0.15) is 0 Å². The van der Waals surface area contributed by atoms with Crippen molar-refractivity contribution in [1.29, 1.82) is 0 Å². The van der Waals surface area contributed by atoms with Gasteiger partial charge in [0.05, 0.1) is 7.11 Å². The van der Waals surface area contributed by atoms with E-state index >= 15 is 0 Å². The van der Waals surface area contributed by atoms with E-state index in [0.29, 0.717) is 5.75 Å². The van der Waals surface area contributed by atoms with E-state index in [4.69, 9.17) is 4.74 Å². The maximum Gasteiger partial charge on any atom is 0.162 e. The highest BCUT2D eigenvalue weighted by molar-refractivity contribution is 5.47. The number of ether oxygens (including phenoxy) is 1. The molecule has 4 nitrogen and oxygen atoms in total. The molecule has 0 saturated carbocycles. The van der Waals surface area contributed by atoms with Gasteiger partial charge < -0.3 is 15.2 Å². The molecule has 0 aromatic heterocycles. The molecule has 1 aliphatic heterocycles. The van der Waals surface area contributed by atoms with Gasteiger partial charge in [-0.15, -0.1) is 6.58 Å². The summed E-state index contributed by atoms with van der Waals surface area (Å²) in [5.41, 5.74) is 0.918. The monoisotopic (exact) mass is 262 g/mol. The summed E-state index contributed by atoms with van der Waals surface area (Å²) >= 11 is 0. The Bertz CT molecular complexity index is 428. The second-order valence-corrected chi connectivity index (χ2v) is 4.72. The van der Waals surface area contributed by atoms with Crippen molar-refractivity contribution in [2.24, 2.45) is 0 Å². The molecule has 0 bridgehead atoms. The molecule has 0 aliphatic carbocycles. The summed E-state index contributed by atoms with van der Waals surface area (Å²) in [4.78, 5) is 2.38. The second kappa shape index (κ2) is 6.59. The van der Waals surface area contributed by atoms with Gasteiger partial charge in [0.2, 0.25) is 0 Å². The quantitative estimate of drug-likeness (QED) is 0.796. The zero-order chi connectivity index (χ0) is 13.7. The van der Waals surface area contributed by atoms with Gasteiger partial charge in [0, 0.05) is 37.8 Å². The molecule has 0 unspecified atom stereocenters. The van der Waals surface area contributed by atoms with Gasteiger partial charge >= 0.3 is 0 Å².